The Bertz CT molecular complexity index is 198. The molecule has 15 heavy (non-hydrogen) atoms. The molecule has 0 unspecified atom stereocenters. The predicted molar refractivity (Wildman–Crippen MR) is 62.1 cm³/mol. The molecule has 3 nitrogen and oxygen atoms in total. The van der Waals surface area contributed by atoms with Gasteiger partial charge in [-0.05, 0) is 38.9 Å². The van der Waals surface area contributed by atoms with E-state index in [9.17, 15) is 0 Å². The highest BCUT2D eigenvalue weighted by molar-refractivity contribution is 4.96. The second-order valence-electron chi connectivity index (χ2n) is 4.83. The number of rotatable bonds is 3. The van der Waals surface area contributed by atoms with Gasteiger partial charge < -0.3 is 15.0 Å². The highest BCUT2D eigenvalue weighted by Gasteiger charge is 2.40. The molecule has 2 saturated heterocycles. The van der Waals surface area contributed by atoms with Crippen molar-refractivity contribution < 1.29 is 4.74 Å². The van der Waals surface area contributed by atoms with Crippen LogP contribution in [-0.2, 0) is 4.74 Å². The summed E-state index contributed by atoms with van der Waals surface area (Å²) in [4.78, 5) is 2.59. The lowest BCUT2D eigenvalue weighted by Gasteiger charge is -2.42. The first kappa shape index (κ1) is 11.4. The molecule has 0 aliphatic carbocycles. The zero-order valence-corrected chi connectivity index (χ0v) is 10.1. The topological polar surface area (TPSA) is 24.5 Å². The fourth-order valence-electron chi connectivity index (χ4n) is 3.07. The number of hydrogen-bond donors (Lipinski definition) is 1. The van der Waals surface area contributed by atoms with Crippen molar-refractivity contribution in [1.82, 2.24) is 10.2 Å². The van der Waals surface area contributed by atoms with Crippen LogP contribution in [0.25, 0.3) is 0 Å². The van der Waals surface area contributed by atoms with E-state index in [1.165, 1.54) is 32.4 Å². The summed E-state index contributed by atoms with van der Waals surface area (Å²) in [6, 6.07) is 0.744. The lowest BCUT2D eigenvalue weighted by molar-refractivity contribution is -0.0923. The van der Waals surface area contributed by atoms with Crippen LogP contribution in [0.15, 0.2) is 0 Å². The van der Waals surface area contributed by atoms with Gasteiger partial charge in [-0.1, -0.05) is 13.8 Å². The molecular weight excluding hydrogens is 188 g/mol. The Morgan fingerprint density at radius 2 is 2.20 bits per heavy atom. The molecule has 88 valence electrons. The van der Waals surface area contributed by atoms with Crippen LogP contribution in [0.5, 0.6) is 0 Å². The molecule has 2 atom stereocenters. The number of hydrogen-bond acceptors (Lipinski definition) is 3. The first-order chi connectivity index (χ1) is 7.29. The van der Waals surface area contributed by atoms with E-state index >= 15 is 0 Å². The number of ether oxygens (including phenoxy) is 1. The average molecular weight is 212 g/mol. The van der Waals surface area contributed by atoms with E-state index < -0.39 is 0 Å². The van der Waals surface area contributed by atoms with Crippen LogP contribution in [0.4, 0.5) is 0 Å². The Morgan fingerprint density at radius 3 is 2.80 bits per heavy atom. The van der Waals surface area contributed by atoms with E-state index in [2.05, 4.69) is 24.1 Å². The molecule has 1 spiro atoms. The van der Waals surface area contributed by atoms with Crippen LogP contribution in [0.3, 0.4) is 0 Å². The van der Waals surface area contributed by atoms with Crippen molar-refractivity contribution in [1.29, 1.82) is 0 Å². The Labute approximate surface area is 93.2 Å². The summed E-state index contributed by atoms with van der Waals surface area (Å²) in [6.45, 7) is 10.0. The van der Waals surface area contributed by atoms with Crippen molar-refractivity contribution in [2.75, 3.05) is 32.8 Å². The van der Waals surface area contributed by atoms with Crippen molar-refractivity contribution in [2.45, 2.75) is 44.8 Å². The molecular formula is C12H24N2O. The largest absolute Gasteiger partial charge is 0.374 e. The van der Waals surface area contributed by atoms with Gasteiger partial charge >= 0.3 is 0 Å². The Hall–Kier alpha value is -0.120. The molecule has 2 aliphatic heterocycles. The lowest BCUT2D eigenvalue weighted by Crippen LogP contribution is -2.49. The minimum atomic E-state index is 0.172. The molecule has 2 heterocycles. The van der Waals surface area contributed by atoms with Gasteiger partial charge in [0.1, 0.15) is 0 Å². The highest BCUT2D eigenvalue weighted by Crippen LogP contribution is 2.32. The van der Waals surface area contributed by atoms with Crippen molar-refractivity contribution in [3.8, 4) is 0 Å². The standard InChI is InChI=1S/C12H24N2O/c1-3-14(4-2)11-5-8-15-12(9-11)6-7-13-10-12/h11,13H,3-10H2,1-2H3/t11-,12-/m0/s1. The lowest BCUT2D eigenvalue weighted by atomic mass is 9.89. The van der Waals surface area contributed by atoms with Crippen LogP contribution in [0, 0.1) is 0 Å². The minimum Gasteiger partial charge on any atom is -0.374 e. The van der Waals surface area contributed by atoms with Crippen molar-refractivity contribution in [2.24, 2.45) is 0 Å². The summed E-state index contributed by atoms with van der Waals surface area (Å²) in [7, 11) is 0. The van der Waals surface area contributed by atoms with E-state index in [1.54, 1.807) is 0 Å². The summed E-state index contributed by atoms with van der Waals surface area (Å²) < 4.78 is 6.01. The third-order valence-corrected chi connectivity index (χ3v) is 4.00. The molecule has 0 bridgehead atoms. The van der Waals surface area contributed by atoms with E-state index in [0.29, 0.717) is 0 Å². The third kappa shape index (κ3) is 2.35. The van der Waals surface area contributed by atoms with Crippen LogP contribution in [0.2, 0.25) is 0 Å². The quantitative estimate of drug-likeness (QED) is 0.762. The molecule has 0 saturated carbocycles. The summed E-state index contributed by atoms with van der Waals surface area (Å²) >= 11 is 0. The van der Waals surface area contributed by atoms with E-state index in [-0.39, 0.29) is 5.60 Å². The molecule has 0 aromatic carbocycles. The second kappa shape index (κ2) is 4.81. The molecule has 2 rings (SSSR count). The van der Waals surface area contributed by atoms with Gasteiger partial charge in [0.25, 0.3) is 0 Å². The maximum atomic E-state index is 6.01. The molecule has 1 N–H and O–H groups in total. The average Bonchev–Trinajstić information content (AvgIpc) is 2.68. The van der Waals surface area contributed by atoms with Crippen molar-refractivity contribution >= 4 is 0 Å². The Morgan fingerprint density at radius 1 is 1.40 bits per heavy atom. The van der Waals surface area contributed by atoms with Crippen LogP contribution in [-0.4, -0.2) is 49.3 Å². The van der Waals surface area contributed by atoms with Gasteiger partial charge in [0.2, 0.25) is 0 Å². The first-order valence-electron chi connectivity index (χ1n) is 6.38. The molecule has 0 aromatic heterocycles. The van der Waals surface area contributed by atoms with Gasteiger partial charge in [0.05, 0.1) is 5.60 Å². The van der Waals surface area contributed by atoms with Crippen LogP contribution >= 0.6 is 0 Å². The van der Waals surface area contributed by atoms with Gasteiger partial charge in [0.15, 0.2) is 0 Å². The first-order valence-corrected chi connectivity index (χ1v) is 6.38. The second-order valence-corrected chi connectivity index (χ2v) is 4.83. The van der Waals surface area contributed by atoms with E-state index in [1.807, 2.05) is 0 Å². The highest BCUT2D eigenvalue weighted by atomic mass is 16.5. The zero-order valence-electron chi connectivity index (χ0n) is 10.1. The summed E-state index contributed by atoms with van der Waals surface area (Å²) in [6.07, 6.45) is 3.63. The molecule has 0 radical (unpaired) electrons. The fraction of sp³-hybridized carbons (Fsp3) is 1.00. The van der Waals surface area contributed by atoms with E-state index in [0.717, 1.165) is 25.7 Å². The fourth-order valence-corrected chi connectivity index (χ4v) is 3.07. The SMILES string of the molecule is CCN(CC)[C@H]1CCO[C@@]2(CCNC2)C1. The van der Waals surface area contributed by atoms with Gasteiger partial charge in [-0.2, -0.15) is 0 Å². The predicted octanol–water partition coefficient (Wildman–Crippen LogP) is 1.24. The van der Waals surface area contributed by atoms with Crippen molar-refractivity contribution in [3.63, 3.8) is 0 Å². The maximum absolute atomic E-state index is 6.01. The Kier molecular flexibility index (Phi) is 3.65. The summed E-state index contributed by atoms with van der Waals surface area (Å²) in [5.41, 5.74) is 0.172. The van der Waals surface area contributed by atoms with Gasteiger partial charge in [-0.3, -0.25) is 0 Å². The molecule has 3 heteroatoms. The Balaban J connectivity index is 1.96. The third-order valence-electron chi connectivity index (χ3n) is 4.00. The molecule has 2 aliphatic rings. The number of nitrogens with zero attached hydrogens (tertiary/aromatic N) is 1. The normalized spacial score (nSPS) is 36.6. The van der Waals surface area contributed by atoms with Gasteiger partial charge in [-0.25, -0.2) is 0 Å². The van der Waals surface area contributed by atoms with Crippen LogP contribution in [0.1, 0.15) is 33.1 Å². The summed E-state index contributed by atoms with van der Waals surface area (Å²) in [5.74, 6) is 0. The molecule has 2 fully saturated rings. The zero-order chi connectivity index (χ0) is 10.7. The van der Waals surface area contributed by atoms with E-state index in [4.69, 9.17) is 4.74 Å². The smallest absolute Gasteiger partial charge is 0.0833 e. The van der Waals surface area contributed by atoms with Gasteiger partial charge in [0, 0.05) is 19.2 Å². The van der Waals surface area contributed by atoms with Crippen LogP contribution < -0.4 is 5.32 Å². The minimum absolute atomic E-state index is 0.172. The summed E-state index contributed by atoms with van der Waals surface area (Å²) in [5, 5.41) is 3.43. The monoisotopic (exact) mass is 212 g/mol. The maximum Gasteiger partial charge on any atom is 0.0833 e. The molecule has 0 aromatic rings. The molecule has 0 amide bonds. The number of nitrogens with one attached hydrogen (secondary N) is 1. The van der Waals surface area contributed by atoms with Crippen molar-refractivity contribution in [3.05, 3.63) is 0 Å². The van der Waals surface area contributed by atoms with Gasteiger partial charge in [-0.15, -0.1) is 0 Å².